The van der Waals surface area contributed by atoms with Gasteiger partial charge < -0.3 is 29.2 Å². The lowest BCUT2D eigenvalue weighted by atomic mass is 9.54. The van der Waals surface area contributed by atoms with Gasteiger partial charge >= 0.3 is 11.9 Å². The molecule has 1 fully saturated rings. The minimum Gasteiger partial charge on any atom is -0.504 e. The molecule has 0 amide bonds. The van der Waals surface area contributed by atoms with Crippen molar-refractivity contribution in [2.24, 2.45) is 5.92 Å². The first kappa shape index (κ1) is 31.3. The van der Waals surface area contributed by atoms with Crippen molar-refractivity contribution in [1.82, 2.24) is 0 Å². The molecule has 0 aromatic heterocycles. The molecular formula is C38H40O8. The maximum atomic E-state index is 12.7. The van der Waals surface area contributed by atoms with Gasteiger partial charge in [0, 0.05) is 31.6 Å². The largest absolute Gasteiger partial charge is 0.504 e. The summed E-state index contributed by atoms with van der Waals surface area (Å²) in [6.45, 7) is 2.81. The van der Waals surface area contributed by atoms with E-state index in [1.807, 2.05) is 30.3 Å². The van der Waals surface area contributed by atoms with Crippen molar-refractivity contribution in [3.05, 3.63) is 95.1 Å². The molecule has 240 valence electrons. The van der Waals surface area contributed by atoms with Crippen molar-refractivity contribution < 1.29 is 38.7 Å². The van der Waals surface area contributed by atoms with Crippen molar-refractivity contribution in [2.45, 2.75) is 69.5 Å². The van der Waals surface area contributed by atoms with Gasteiger partial charge in [-0.15, -0.1) is 0 Å². The summed E-state index contributed by atoms with van der Waals surface area (Å²) in [7, 11) is 3.05. The molecule has 6 rings (SSSR count). The molecular weight excluding hydrogens is 584 g/mol. The molecule has 8 heteroatoms. The van der Waals surface area contributed by atoms with Crippen molar-refractivity contribution in [2.75, 3.05) is 14.2 Å². The Balaban J connectivity index is 1.60. The summed E-state index contributed by atoms with van der Waals surface area (Å²) in [5.41, 5.74) is 3.51. The summed E-state index contributed by atoms with van der Waals surface area (Å²) in [6, 6.07) is 23.8. The molecule has 2 N–H and O–H groups in total. The average molecular weight is 625 g/mol. The number of ether oxygens (including phenoxy) is 4. The number of rotatable bonds is 6. The van der Waals surface area contributed by atoms with E-state index >= 15 is 0 Å². The van der Waals surface area contributed by atoms with Crippen LogP contribution in [0.15, 0.2) is 72.8 Å². The second-order valence-electron chi connectivity index (χ2n) is 12.7. The predicted octanol–water partition coefficient (Wildman–Crippen LogP) is 6.75. The highest BCUT2D eigenvalue weighted by Crippen LogP contribution is 2.55. The van der Waals surface area contributed by atoms with Gasteiger partial charge in [-0.25, -0.2) is 0 Å². The van der Waals surface area contributed by atoms with E-state index in [2.05, 4.69) is 30.3 Å². The van der Waals surface area contributed by atoms with Crippen LogP contribution in [0, 0.1) is 5.92 Å². The highest BCUT2D eigenvalue weighted by atomic mass is 16.6. The van der Waals surface area contributed by atoms with E-state index in [-0.39, 0.29) is 23.3 Å². The Labute approximate surface area is 268 Å². The molecule has 8 nitrogen and oxygen atoms in total. The van der Waals surface area contributed by atoms with Crippen LogP contribution in [0.5, 0.6) is 23.0 Å². The van der Waals surface area contributed by atoms with Gasteiger partial charge in [-0.2, -0.15) is 0 Å². The number of phenols is 2. The van der Waals surface area contributed by atoms with Crippen LogP contribution in [-0.4, -0.2) is 48.6 Å². The molecule has 0 radical (unpaired) electrons. The molecule has 0 saturated heterocycles. The summed E-state index contributed by atoms with van der Waals surface area (Å²) < 4.78 is 23.1. The van der Waals surface area contributed by atoms with Crippen molar-refractivity contribution >= 4 is 22.7 Å². The maximum absolute atomic E-state index is 12.7. The SMILES string of the molecule is COc1cc(C2CC(OC(C)=O)CC(OC(C)=O)C3Cc4cc(OC)c(O)cc4CC3(c3ccc4ccccc4c3)C2)ccc1O. The molecule has 4 aromatic carbocycles. The Morgan fingerprint density at radius 1 is 0.761 bits per heavy atom. The van der Waals surface area contributed by atoms with Crippen LogP contribution >= 0.6 is 0 Å². The lowest BCUT2D eigenvalue weighted by Crippen LogP contribution is -2.52. The second kappa shape index (κ2) is 12.6. The minimum absolute atomic E-state index is 0.0432. The third kappa shape index (κ3) is 5.96. The first-order valence-electron chi connectivity index (χ1n) is 15.7. The van der Waals surface area contributed by atoms with E-state index < -0.39 is 29.6 Å². The third-order valence-electron chi connectivity index (χ3n) is 9.91. The van der Waals surface area contributed by atoms with Gasteiger partial charge in [-0.1, -0.05) is 48.5 Å². The first-order valence-corrected chi connectivity index (χ1v) is 15.7. The molecule has 4 aromatic rings. The van der Waals surface area contributed by atoms with Crippen LogP contribution in [0.3, 0.4) is 0 Å². The van der Waals surface area contributed by atoms with Crippen LogP contribution in [0.4, 0.5) is 0 Å². The fraction of sp³-hybridized carbons (Fsp3) is 0.368. The van der Waals surface area contributed by atoms with Gasteiger partial charge in [0.1, 0.15) is 12.2 Å². The zero-order chi connectivity index (χ0) is 32.6. The van der Waals surface area contributed by atoms with Crippen LogP contribution in [0.2, 0.25) is 0 Å². The predicted molar refractivity (Wildman–Crippen MR) is 174 cm³/mol. The number of benzene rings is 4. The van der Waals surface area contributed by atoms with Crippen molar-refractivity contribution in [3.63, 3.8) is 0 Å². The molecule has 0 spiro atoms. The van der Waals surface area contributed by atoms with Crippen molar-refractivity contribution in [1.29, 1.82) is 0 Å². The highest BCUT2D eigenvalue weighted by molar-refractivity contribution is 5.83. The van der Waals surface area contributed by atoms with E-state index in [4.69, 9.17) is 18.9 Å². The number of esters is 2. The normalized spacial score (nSPS) is 24.1. The first-order chi connectivity index (χ1) is 22.1. The third-order valence-corrected chi connectivity index (χ3v) is 9.91. The summed E-state index contributed by atoms with van der Waals surface area (Å²) in [6.07, 6.45) is 1.48. The van der Waals surface area contributed by atoms with Crippen LogP contribution < -0.4 is 9.47 Å². The average Bonchev–Trinajstić information content (AvgIpc) is 3.02. The topological polar surface area (TPSA) is 112 Å². The Bertz CT molecular complexity index is 1780. The van der Waals surface area contributed by atoms with E-state index in [0.29, 0.717) is 43.6 Å². The van der Waals surface area contributed by atoms with E-state index in [1.54, 1.807) is 12.1 Å². The summed E-state index contributed by atoms with van der Waals surface area (Å²) >= 11 is 0. The van der Waals surface area contributed by atoms with Crippen LogP contribution in [-0.2, 0) is 37.3 Å². The zero-order valence-electron chi connectivity index (χ0n) is 26.6. The minimum atomic E-state index is -0.560. The summed E-state index contributed by atoms with van der Waals surface area (Å²) in [4.78, 5) is 25.1. The fourth-order valence-electron chi connectivity index (χ4n) is 7.96. The highest BCUT2D eigenvalue weighted by Gasteiger charge is 2.52. The van der Waals surface area contributed by atoms with Crippen LogP contribution in [0.25, 0.3) is 10.8 Å². The van der Waals surface area contributed by atoms with Crippen molar-refractivity contribution in [3.8, 4) is 23.0 Å². The van der Waals surface area contributed by atoms with Gasteiger partial charge in [0.05, 0.1) is 14.2 Å². The lowest BCUT2D eigenvalue weighted by Gasteiger charge is -2.52. The Morgan fingerprint density at radius 2 is 1.48 bits per heavy atom. The quantitative estimate of drug-likeness (QED) is 0.227. The Kier molecular flexibility index (Phi) is 8.55. The molecule has 0 heterocycles. The second-order valence-corrected chi connectivity index (χ2v) is 12.7. The van der Waals surface area contributed by atoms with Gasteiger partial charge in [0.25, 0.3) is 0 Å². The molecule has 2 aliphatic rings. The number of methoxy groups -OCH3 is 2. The van der Waals surface area contributed by atoms with Crippen LogP contribution in [0.1, 0.15) is 61.3 Å². The monoisotopic (exact) mass is 624 g/mol. The molecule has 1 saturated carbocycles. The molecule has 5 atom stereocenters. The number of hydrogen-bond acceptors (Lipinski definition) is 8. The number of carbonyl (C=O) groups is 2. The summed E-state index contributed by atoms with van der Waals surface area (Å²) in [5.74, 6) is -0.258. The zero-order valence-corrected chi connectivity index (χ0v) is 26.6. The van der Waals surface area contributed by atoms with E-state index in [0.717, 1.165) is 33.0 Å². The Morgan fingerprint density at radius 3 is 2.20 bits per heavy atom. The summed E-state index contributed by atoms with van der Waals surface area (Å²) in [5, 5.41) is 23.5. The fourth-order valence-corrected chi connectivity index (χ4v) is 7.96. The molecule has 2 aliphatic carbocycles. The van der Waals surface area contributed by atoms with E-state index in [1.165, 1.54) is 28.1 Å². The number of fused-ring (bicyclic) bond motifs is 3. The van der Waals surface area contributed by atoms with Gasteiger partial charge in [-0.05, 0) is 88.9 Å². The molecule has 46 heavy (non-hydrogen) atoms. The van der Waals surface area contributed by atoms with Gasteiger partial charge in [0.15, 0.2) is 23.0 Å². The Hall–Kier alpha value is -4.72. The van der Waals surface area contributed by atoms with Gasteiger partial charge in [0.2, 0.25) is 0 Å². The maximum Gasteiger partial charge on any atom is 0.302 e. The standard InChI is InChI=1S/C38H40O8/c1-22(39)45-31-14-28(26-10-12-33(41)36(17-26)43-3)20-38(30-11-9-24-7-5-6-8-25(24)13-30)21-29-16-34(42)37(44-4)18-27(29)15-32(38)35(19-31)46-23(2)40/h5-13,16-18,28,31-32,35,41-42H,14-15,19-21H2,1-4H3. The lowest BCUT2D eigenvalue weighted by molar-refractivity contribution is -0.159. The molecule has 0 bridgehead atoms. The molecule has 0 aliphatic heterocycles. The number of carbonyl (C=O) groups excluding carboxylic acids is 2. The number of phenolic OH excluding ortho intramolecular Hbond substituents is 2. The van der Waals surface area contributed by atoms with Gasteiger partial charge in [-0.3, -0.25) is 9.59 Å². The smallest absolute Gasteiger partial charge is 0.302 e. The molecule has 5 unspecified atom stereocenters. The number of aromatic hydroxyl groups is 2. The van der Waals surface area contributed by atoms with E-state index in [9.17, 15) is 19.8 Å². The number of hydrogen-bond donors (Lipinski definition) is 2.